The Balaban J connectivity index is 2.05. The number of benzene rings is 1. The second-order valence-electron chi connectivity index (χ2n) is 5.35. The van der Waals surface area contributed by atoms with E-state index in [0.717, 1.165) is 29.3 Å². The Hall–Kier alpha value is -1.18. The van der Waals surface area contributed by atoms with Crippen molar-refractivity contribution in [3.63, 3.8) is 0 Å². The molecule has 0 spiro atoms. The summed E-state index contributed by atoms with van der Waals surface area (Å²) in [5.41, 5.74) is 0.605. The topological polar surface area (TPSA) is 72.2 Å². The van der Waals surface area contributed by atoms with Crippen molar-refractivity contribution in [3.05, 3.63) is 37.4 Å². The zero-order chi connectivity index (χ0) is 14.8. The number of nitrogens with zero attached hydrogens (tertiary/aromatic N) is 1. The average Bonchev–Trinajstić information content (AvgIpc) is 3.17. The third-order valence-electron chi connectivity index (χ3n) is 3.77. The van der Waals surface area contributed by atoms with E-state index >= 15 is 0 Å². The molecular formula is C14H17IN2O3. The van der Waals surface area contributed by atoms with Crippen LogP contribution in [0.4, 0.5) is 5.69 Å². The van der Waals surface area contributed by atoms with E-state index in [1.165, 1.54) is 12.1 Å². The summed E-state index contributed by atoms with van der Waals surface area (Å²) in [5.74, 6) is -0.222. The molecule has 0 saturated heterocycles. The van der Waals surface area contributed by atoms with Crippen LogP contribution in [0.3, 0.4) is 0 Å². The number of nitro groups is 1. The Morgan fingerprint density at radius 2 is 2.20 bits per heavy atom. The van der Waals surface area contributed by atoms with E-state index in [9.17, 15) is 14.9 Å². The molecule has 1 amide bonds. The number of halogens is 1. The van der Waals surface area contributed by atoms with E-state index in [4.69, 9.17) is 0 Å². The molecule has 20 heavy (non-hydrogen) atoms. The lowest BCUT2D eigenvalue weighted by atomic mass is 10.0. The summed E-state index contributed by atoms with van der Waals surface area (Å²) in [5, 5.41) is 13.7. The first kappa shape index (κ1) is 15.2. The van der Waals surface area contributed by atoms with E-state index in [2.05, 4.69) is 12.2 Å². The molecule has 1 aliphatic carbocycles. The van der Waals surface area contributed by atoms with Crippen LogP contribution in [-0.2, 0) is 0 Å². The molecule has 6 heteroatoms. The van der Waals surface area contributed by atoms with Crippen LogP contribution in [0, 0.1) is 19.1 Å². The normalized spacial score (nSPS) is 15.7. The second-order valence-corrected chi connectivity index (χ2v) is 6.52. The van der Waals surface area contributed by atoms with E-state index in [-0.39, 0.29) is 17.0 Å². The molecule has 2 rings (SSSR count). The number of nitrogens with one attached hydrogen (secondary N) is 1. The summed E-state index contributed by atoms with van der Waals surface area (Å²) in [6.45, 7) is 2.81. The third-order valence-corrected chi connectivity index (χ3v) is 4.71. The lowest BCUT2D eigenvalue weighted by molar-refractivity contribution is -0.384. The summed E-state index contributed by atoms with van der Waals surface area (Å²) in [4.78, 5) is 22.5. The molecule has 0 unspecified atom stereocenters. The largest absolute Gasteiger partial charge is 0.351 e. The number of carbonyl (C=O) groups is 1. The number of hydrogen-bond donors (Lipinski definition) is 1. The summed E-state index contributed by atoms with van der Waals surface area (Å²) < 4.78 is 0.728. The minimum Gasteiger partial charge on any atom is -0.351 e. The maximum absolute atomic E-state index is 12.2. The predicted octanol–water partition coefficient (Wildman–Crippen LogP) is 3.51. The van der Waals surface area contributed by atoms with Crippen LogP contribution in [0.25, 0.3) is 0 Å². The van der Waals surface area contributed by atoms with Gasteiger partial charge in [-0.25, -0.2) is 0 Å². The average molecular weight is 388 g/mol. The van der Waals surface area contributed by atoms with Gasteiger partial charge in [-0.05, 0) is 53.3 Å². The Morgan fingerprint density at radius 1 is 1.50 bits per heavy atom. The maximum atomic E-state index is 12.2. The summed E-state index contributed by atoms with van der Waals surface area (Å²) >= 11 is 2.03. The van der Waals surface area contributed by atoms with Crippen LogP contribution >= 0.6 is 22.6 Å². The number of carbonyl (C=O) groups excluding carboxylic acids is 1. The molecule has 0 atom stereocenters. The smallest absolute Gasteiger partial charge is 0.270 e. The highest BCUT2D eigenvalue weighted by atomic mass is 127. The molecule has 1 aromatic carbocycles. The van der Waals surface area contributed by atoms with Gasteiger partial charge in [-0.15, -0.1) is 0 Å². The van der Waals surface area contributed by atoms with Gasteiger partial charge in [0.2, 0.25) is 0 Å². The first-order valence-corrected chi connectivity index (χ1v) is 7.77. The minimum absolute atomic E-state index is 0.0507. The Morgan fingerprint density at radius 3 is 2.75 bits per heavy atom. The molecule has 0 aliphatic heterocycles. The fourth-order valence-electron chi connectivity index (χ4n) is 2.39. The highest BCUT2D eigenvalue weighted by molar-refractivity contribution is 14.1. The Kier molecular flexibility index (Phi) is 4.62. The zero-order valence-corrected chi connectivity index (χ0v) is 13.5. The van der Waals surface area contributed by atoms with Crippen molar-refractivity contribution in [1.29, 1.82) is 0 Å². The highest BCUT2D eigenvalue weighted by Gasteiger charge is 2.41. The number of non-ortho nitro benzene ring substituents is 1. The molecular weight excluding hydrogens is 371 g/mol. The third kappa shape index (κ3) is 3.47. The number of nitro benzene ring substituents is 1. The van der Waals surface area contributed by atoms with Gasteiger partial charge in [0.15, 0.2) is 0 Å². The predicted molar refractivity (Wildman–Crippen MR) is 84.7 cm³/mol. The molecule has 1 aliphatic rings. The Labute approximate surface area is 131 Å². The van der Waals surface area contributed by atoms with Gasteiger partial charge in [0.05, 0.1) is 10.5 Å². The molecule has 5 nitrogen and oxygen atoms in total. The van der Waals surface area contributed by atoms with Crippen molar-refractivity contribution < 1.29 is 9.72 Å². The molecule has 1 N–H and O–H groups in total. The first-order valence-electron chi connectivity index (χ1n) is 6.69. The van der Waals surface area contributed by atoms with Crippen molar-refractivity contribution in [1.82, 2.24) is 5.32 Å². The van der Waals surface area contributed by atoms with Gasteiger partial charge in [-0.1, -0.05) is 13.3 Å². The van der Waals surface area contributed by atoms with Crippen LogP contribution in [0.2, 0.25) is 0 Å². The van der Waals surface area contributed by atoms with Crippen LogP contribution in [0.15, 0.2) is 18.2 Å². The number of rotatable bonds is 6. The molecule has 1 saturated carbocycles. The zero-order valence-electron chi connectivity index (χ0n) is 11.3. The van der Waals surface area contributed by atoms with E-state index in [0.29, 0.717) is 12.1 Å². The molecule has 108 valence electrons. The minimum atomic E-state index is -0.480. The first-order chi connectivity index (χ1) is 9.47. The second kappa shape index (κ2) is 6.07. The van der Waals surface area contributed by atoms with E-state index in [1.807, 2.05) is 22.6 Å². The van der Waals surface area contributed by atoms with E-state index < -0.39 is 4.92 Å². The quantitative estimate of drug-likeness (QED) is 0.461. The monoisotopic (exact) mass is 388 g/mol. The van der Waals surface area contributed by atoms with Crippen molar-refractivity contribution in [2.45, 2.75) is 32.6 Å². The van der Waals surface area contributed by atoms with Crippen LogP contribution in [0.5, 0.6) is 0 Å². The summed E-state index contributed by atoms with van der Waals surface area (Å²) in [7, 11) is 0. The van der Waals surface area contributed by atoms with Crippen molar-refractivity contribution in [3.8, 4) is 0 Å². The van der Waals surface area contributed by atoms with Crippen LogP contribution < -0.4 is 5.32 Å². The van der Waals surface area contributed by atoms with Crippen LogP contribution in [0.1, 0.15) is 43.0 Å². The molecule has 0 bridgehead atoms. The SMILES string of the molecule is CCCC1(CNC(=O)c2cc([N+](=O)[O-])ccc2I)CC1. The van der Waals surface area contributed by atoms with Crippen molar-refractivity contribution >= 4 is 34.2 Å². The van der Waals surface area contributed by atoms with Crippen molar-refractivity contribution in [2.75, 3.05) is 6.54 Å². The van der Waals surface area contributed by atoms with Gasteiger partial charge >= 0.3 is 0 Å². The van der Waals surface area contributed by atoms with E-state index in [1.54, 1.807) is 6.07 Å². The highest BCUT2D eigenvalue weighted by Crippen LogP contribution is 2.48. The summed E-state index contributed by atoms with van der Waals surface area (Å²) in [6.07, 6.45) is 4.56. The van der Waals surface area contributed by atoms with Crippen LogP contribution in [-0.4, -0.2) is 17.4 Å². The number of hydrogen-bond acceptors (Lipinski definition) is 3. The van der Waals surface area contributed by atoms with Gasteiger partial charge < -0.3 is 5.32 Å². The van der Waals surface area contributed by atoms with Gasteiger partial charge in [-0.3, -0.25) is 14.9 Å². The van der Waals surface area contributed by atoms with Gasteiger partial charge in [-0.2, -0.15) is 0 Å². The maximum Gasteiger partial charge on any atom is 0.270 e. The van der Waals surface area contributed by atoms with Crippen molar-refractivity contribution in [2.24, 2.45) is 5.41 Å². The molecule has 0 aromatic heterocycles. The standard InChI is InChI=1S/C14H17IN2O3/c1-2-5-14(6-7-14)9-16-13(18)11-8-10(17(19)20)3-4-12(11)15/h3-4,8H,2,5-7,9H2,1H3,(H,16,18). The van der Waals surface area contributed by atoms with Gasteiger partial charge in [0.25, 0.3) is 11.6 Å². The Bertz CT molecular complexity index is 541. The lowest BCUT2D eigenvalue weighted by Crippen LogP contribution is -2.30. The van der Waals surface area contributed by atoms with Gasteiger partial charge in [0, 0.05) is 22.2 Å². The molecule has 1 fully saturated rings. The number of amides is 1. The fourth-order valence-corrected chi connectivity index (χ4v) is 2.97. The molecule has 1 aromatic rings. The summed E-state index contributed by atoms with van der Waals surface area (Å²) in [6, 6.07) is 4.36. The molecule has 0 radical (unpaired) electrons. The lowest BCUT2D eigenvalue weighted by Gasteiger charge is -2.15. The molecule has 0 heterocycles. The fraction of sp³-hybridized carbons (Fsp3) is 0.500. The van der Waals surface area contributed by atoms with Gasteiger partial charge in [0.1, 0.15) is 0 Å².